The fraction of sp³-hybridized carbons (Fsp3) is 0.316. The molecule has 0 aliphatic rings. The van der Waals surface area contributed by atoms with E-state index < -0.39 is 0 Å². The Morgan fingerprint density at radius 3 is 2.42 bits per heavy atom. The molecule has 1 N–H and O–H groups in total. The van der Waals surface area contributed by atoms with Gasteiger partial charge in [0.15, 0.2) is 0 Å². The maximum Gasteiger partial charge on any atom is 0.272 e. The van der Waals surface area contributed by atoms with Gasteiger partial charge in [-0.3, -0.25) is 9.59 Å². The van der Waals surface area contributed by atoms with E-state index in [9.17, 15) is 9.59 Å². The van der Waals surface area contributed by atoms with Crippen LogP contribution in [-0.4, -0.2) is 34.8 Å². The van der Waals surface area contributed by atoms with Crippen LogP contribution < -0.4 is 5.32 Å². The summed E-state index contributed by atoms with van der Waals surface area (Å²) in [5, 5.41) is 2.85. The number of benzene rings is 1. The average molecular weight is 325 g/mol. The molecule has 24 heavy (non-hydrogen) atoms. The lowest BCUT2D eigenvalue weighted by atomic mass is 10.2. The van der Waals surface area contributed by atoms with E-state index in [4.69, 9.17) is 0 Å². The zero-order chi connectivity index (χ0) is 17.5. The Bertz CT molecular complexity index is 701. The topological polar surface area (TPSA) is 62.3 Å². The second-order valence-corrected chi connectivity index (χ2v) is 5.84. The van der Waals surface area contributed by atoms with Crippen LogP contribution in [0, 0.1) is 0 Å². The molecule has 0 saturated carbocycles. The number of hydrogen-bond acceptors (Lipinski definition) is 3. The van der Waals surface area contributed by atoms with Gasteiger partial charge in [0.05, 0.1) is 0 Å². The number of pyridine rings is 1. The molecule has 1 unspecified atom stereocenters. The summed E-state index contributed by atoms with van der Waals surface area (Å²) in [6, 6.07) is 14.7. The number of hydrogen-bond donors (Lipinski definition) is 1. The molecule has 1 aromatic heterocycles. The summed E-state index contributed by atoms with van der Waals surface area (Å²) >= 11 is 0. The molecule has 0 saturated heterocycles. The van der Waals surface area contributed by atoms with Gasteiger partial charge in [0.25, 0.3) is 11.8 Å². The van der Waals surface area contributed by atoms with Gasteiger partial charge >= 0.3 is 0 Å². The molecule has 1 atom stereocenters. The molecule has 0 radical (unpaired) electrons. The van der Waals surface area contributed by atoms with Crippen LogP contribution in [0.3, 0.4) is 0 Å². The first-order valence-corrected chi connectivity index (χ1v) is 8.08. The van der Waals surface area contributed by atoms with Gasteiger partial charge in [-0.25, -0.2) is 4.98 Å². The zero-order valence-corrected chi connectivity index (χ0v) is 14.3. The largest absolute Gasteiger partial charge is 0.348 e. The van der Waals surface area contributed by atoms with E-state index in [0.29, 0.717) is 6.54 Å². The van der Waals surface area contributed by atoms with Gasteiger partial charge < -0.3 is 10.2 Å². The van der Waals surface area contributed by atoms with Crippen LogP contribution in [0.5, 0.6) is 0 Å². The lowest BCUT2D eigenvalue weighted by Gasteiger charge is -2.17. The lowest BCUT2D eigenvalue weighted by Crippen LogP contribution is -2.33. The molecule has 2 amide bonds. The van der Waals surface area contributed by atoms with Crippen molar-refractivity contribution in [2.75, 3.05) is 7.05 Å². The first kappa shape index (κ1) is 17.7. The van der Waals surface area contributed by atoms with Gasteiger partial charge in [0.1, 0.15) is 11.4 Å². The minimum atomic E-state index is -0.260. The number of nitrogens with one attached hydrogen (secondary N) is 1. The molecule has 0 spiro atoms. The van der Waals surface area contributed by atoms with Crippen LogP contribution in [-0.2, 0) is 6.54 Å². The second-order valence-electron chi connectivity index (χ2n) is 5.84. The molecular formula is C19H23N3O2. The van der Waals surface area contributed by atoms with Gasteiger partial charge in [-0.1, -0.05) is 43.3 Å². The third kappa shape index (κ3) is 4.65. The van der Waals surface area contributed by atoms with Crippen molar-refractivity contribution in [3.05, 3.63) is 65.5 Å². The minimum absolute atomic E-state index is 0.0689. The van der Waals surface area contributed by atoms with E-state index in [1.165, 1.54) is 0 Å². The lowest BCUT2D eigenvalue weighted by molar-refractivity contribution is 0.0779. The Balaban J connectivity index is 2.09. The molecule has 0 aliphatic carbocycles. The van der Waals surface area contributed by atoms with E-state index in [0.717, 1.165) is 12.0 Å². The third-order valence-corrected chi connectivity index (χ3v) is 3.80. The summed E-state index contributed by atoms with van der Waals surface area (Å²) in [7, 11) is 1.73. The Hall–Kier alpha value is -2.69. The molecule has 1 aromatic carbocycles. The highest BCUT2D eigenvalue weighted by Gasteiger charge is 2.16. The second kappa shape index (κ2) is 8.24. The molecule has 5 nitrogen and oxygen atoms in total. The average Bonchev–Trinajstić information content (AvgIpc) is 2.61. The maximum absolute atomic E-state index is 12.5. The summed E-state index contributed by atoms with van der Waals surface area (Å²) in [6.07, 6.45) is 0.837. The van der Waals surface area contributed by atoms with Gasteiger partial charge in [-0.05, 0) is 31.0 Å². The number of carbonyl (C=O) groups excluding carboxylic acids is 2. The summed E-state index contributed by atoms with van der Waals surface area (Å²) in [5.74, 6) is -0.471. The Morgan fingerprint density at radius 2 is 1.75 bits per heavy atom. The van der Waals surface area contributed by atoms with Crippen molar-refractivity contribution in [1.29, 1.82) is 0 Å². The Labute approximate surface area is 142 Å². The summed E-state index contributed by atoms with van der Waals surface area (Å²) in [6.45, 7) is 4.42. The van der Waals surface area contributed by atoms with E-state index in [2.05, 4.69) is 10.3 Å². The van der Waals surface area contributed by atoms with Crippen molar-refractivity contribution in [3.8, 4) is 0 Å². The molecule has 0 aliphatic heterocycles. The molecule has 126 valence electrons. The third-order valence-electron chi connectivity index (χ3n) is 3.80. The van der Waals surface area contributed by atoms with Crippen molar-refractivity contribution in [2.24, 2.45) is 0 Å². The minimum Gasteiger partial charge on any atom is -0.348 e. The smallest absolute Gasteiger partial charge is 0.272 e. The van der Waals surface area contributed by atoms with Gasteiger partial charge in [0.2, 0.25) is 0 Å². The maximum atomic E-state index is 12.5. The molecule has 0 bridgehead atoms. The molecule has 2 aromatic rings. The predicted molar refractivity (Wildman–Crippen MR) is 93.7 cm³/mol. The molecule has 5 heteroatoms. The summed E-state index contributed by atoms with van der Waals surface area (Å²) in [5.41, 5.74) is 1.57. The normalized spacial score (nSPS) is 11.6. The van der Waals surface area contributed by atoms with E-state index in [-0.39, 0.29) is 29.2 Å². The molecule has 0 fully saturated rings. The van der Waals surface area contributed by atoms with E-state index >= 15 is 0 Å². The van der Waals surface area contributed by atoms with Crippen LogP contribution in [0.2, 0.25) is 0 Å². The summed E-state index contributed by atoms with van der Waals surface area (Å²) < 4.78 is 0. The van der Waals surface area contributed by atoms with Crippen LogP contribution in [0.1, 0.15) is 46.8 Å². The Kier molecular flexibility index (Phi) is 6.07. The molecule has 1 heterocycles. The van der Waals surface area contributed by atoms with Gasteiger partial charge in [0, 0.05) is 19.6 Å². The highest BCUT2D eigenvalue weighted by molar-refractivity contribution is 5.96. The SMILES string of the molecule is CCC(C)NC(=O)c1cccc(C(=O)N(C)Cc2ccccc2)n1. The van der Waals surface area contributed by atoms with Crippen LogP contribution in [0.15, 0.2) is 48.5 Å². The highest BCUT2D eigenvalue weighted by atomic mass is 16.2. The van der Waals surface area contributed by atoms with E-state index in [1.807, 2.05) is 44.2 Å². The molecular weight excluding hydrogens is 302 g/mol. The van der Waals surface area contributed by atoms with E-state index in [1.54, 1.807) is 30.1 Å². The Morgan fingerprint density at radius 1 is 1.08 bits per heavy atom. The monoisotopic (exact) mass is 325 g/mol. The zero-order valence-electron chi connectivity index (χ0n) is 14.3. The first-order valence-electron chi connectivity index (χ1n) is 8.08. The fourth-order valence-electron chi connectivity index (χ4n) is 2.20. The number of rotatable bonds is 6. The van der Waals surface area contributed by atoms with Crippen LogP contribution in [0.4, 0.5) is 0 Å². The van der Waals surface area contributed by atoms with Crippen LogP contribution >= 0.6 is 0 Å². The number of nitrogens with zero attached hydrogens (tertiary/aromatic N) is 2. The van der Waals surface area contributed by atoms with Crippen molar-refractivity contribution < 1.29 is 9.59 Å². The number of aromatic nitrogens is 1. The summed E-state index contributed by atoms with van der Waals surface area (Å²) in [4.78, 5) is 30.5. The number of carbonyl (C=O) groups is 2. The van der Waals surface area contributed by atoms with Crippen LogP contribution in [0.25, 0.3) is 0 Å². The standard InChI is InChI=1S/C19H23N3O2/c1-4-14(2)20-18(23)16-11-8-12-17(21-16)19(24)22(3)13-15-9-6-5-7-10-15/h5-12,14H,4,13H2,1-3H3,(H,20,23). The van der Waals surface area contributed by atoms with Crippen molar-refractivity contribution in [1.82, 2.24) is 15.2 Å². The van der Waals surface area contributed by atoms with Gasteiger partial charge in [-0.2, -0.15) is 0 Å². The highest BCUT2D eigenvalue weighted by Crippen LogP contribution is 2.08. The quantitative estimate of drug-likeness (QED) is 0.888. The molecule has 2 rings (SSSR count). The first-order chi connectivity index (χ1) is 11.5. The predicted octanol–water partition coefficient (Wildman–Crippen LogP) is 2.88. The van der Waals surface area contributed by atoms with Crippen molar-refractivity contribution >= 4 is 11.8 Å². The fourth-order valence-corrected chi connectivity index (χ4v) is 2.20. The van der Waals surface area contributed by atoms with Gasteiger partial charge in [-0.15, -0.1) is 0 Å². The van der Waals surface area contributed by atoms with Crippen molar-refractivity contribution in [3.63, 3.8) is 0 Å². The number of amides is 2. The van der Waals surface area contributed by atoms with Crippen molar-refractivity contribution in [2.45, 2.75) is 32.9 Å².